The van der Waals surface area contributed by atoms with Crippen molar-refractivity contribution in [2.45, 2.75) is 19.8 Å². The van der Waals surface area contributed by atoms with Crippen LogP contribution in [-0.4, -0.2) is 22.2 Å². The van der Waals surface area contributed by atoms with E-state index < -0.39 is 0 Å². The maximum atomic E-state index is 9.84. The van der Waals surface area contributed by atoms with Crippen LogP contribution in [0.2, 0.25) is 0 Å². The van der Waals surface area contributed by atoms with Crippen LogP contribution in [-0.2, 0) is 6.42 Å². The zero-order valence-electron chi connectivity index (χ0n) is 11.4. The van der Waals surface area contributed by atoms with Gasteiger partial charge in [-0.25, -0.2) is 9.97 Å². The van der Waals surface area contributed by atoms with Gasteiger partial charge in [0, 0.05) is 5.56 Å². The number of hydrogen-bond acceptors (Lipinski definition) is 5. The molecular weight excluding hydrogens is 369 g/mol. The first-order valence-corrected chi connectivity index (χ1v) is 7.34. The van der Waals surface area contributed by atoms with Crippen molar-refractivity contribution in [3.8, 4) is 22.9 Å². The maximum absolute atomic E-state index is 9.84. The molecule has 5 nitrogen and oxygen atoms in total. The summed E-state index contributed by atoms with van der Waals surface area (Å²) in [5.74, 6) is 1.46. The molecule has 0 fully saturated rings. The molecule has 20 heavy (non-hydrogen) atoms. The van der Waals surface area contributed by atoms with Crippen LogP contribution in [0.4, 0.5) is 5.82 Å². The number of halogens is 1. The Bertz CT molecular complexity index is 632. The topological polar surface area (TPSA) is 81.3 Å². The van der Waals surface area contributed by atoms with E-state index in [1.807, 2.05) is 0 Å². The summed E-state index contributed by atoms with van der Waals surface area (Å²) in [7, 11) is 1.51. The first-order chi connectivity index (χ1) is 9.56. The average Bonchev–Trinajstić information content (AvgIpc) is 2.43. The van der Waals surface area contributed by atoms with Crippen LogP contribution in [0.5, 0.6) is 11.5 Å². The van der Waals surface area contributed by atoms with Crippen molar-refractivity contribution in [2.75, 3.05) is 12.8 Å². The first-order valence-electron chi connectivity index (χ1n) is 6.26. The van der Waals surface area contributed by atoms with Gasteiger partial charge in [-0.3, -0.25) is 0 Å². The summed E-state index contributed by atoms with van der Waals surface area (Å²) in [5.41, 5.74) is 7.59. The van der Waals surface area contributed by atoms with Crippen LogP contribution in [0.1, 0.15) is 19.0 Å². The van der Waals surface area contributed by atoms with E-state index in [0.29, 0.717) is 23.0 Å². The highest BCUT2D eigenvalue weighted by Crippen LogP contribution is 2.31. The Hall–Kier alpha value is -1.57. The number of phenols is 1. The van der Waals surface area contributed by atoms with Crippen LogP contribution in [0, 0.1) is 3.57 Å². The van der Waals surface area contributed by atoms with Crippen LogP contribution in [0.25, 0.3) is 11.4 Å². The highest BCUT2D eigenvalue weighted by molar-refractivity contribution is 14.1. The lowest BCUT2D eigenvalue weighted by atomic mass is 10.1. The summed E-state index contributed by atoms with van der Waals surface area (Å²) in [6.07, 6.45) is 1.83. The van der Waals surface area contributed by atoms with Gasteiger partial charge in [-0.2, -0.15) is 0 Å². The molecule has 106 valence electrons. The molecule has 3 N–H and O–H groups in total. The number of phenolic OH excluding ortho intramolecular Hbond substituents is 1. The Morgan fingerprint density at radius 1 is 1.35 bits per heavy atom. The third-order valence-corrected chi connectivity index (χ3v) is 4.04. The van der Waals surface area contributed by atoms with Crippen molar-refractivity contribution in [3.63, 3.8) is 0 Å². The van der Waals surface area contributed by atoms with Gasteiger partial charge in [0.2, 0.25) is 0 Å². The predicted molar refractivity (Wildman–Crippen MR) is 86.8 cm³/mol. The molecule has 1 heterocycles. The van der Waals surface area contributed by atoms with Crippen molar-refractivity contribution >= 4 is 28.4 Å². The van der Waals surface area contributed by atoms with Crippen molar-refractivity contribution in [2.24, 2.45) is 0 Å². The molecule has 0 spiro atoms. The summed E-state index contributed by atoms with van der Waals surface area (Å²) >= 11 is 2.16. The molecule has 0 bridgehead atoms. The van der Waals surface area contributed by atoms with E-state index in [2.05, 4.69) is 39.5 Å². The van der Waals surface area contributed by atoms with E-state index in [0.717, 1.165) is 22.1 Å². The minimum atomic E-state index is 0.0581. The fourth-order valence-electron chi connectivity index (χ4n) is 1.87. The second-order valence-electron chi connectivity index (χ2n) is 4.33. The van der Waals surface area contributed by atoms with Gasteiger partial charge in [0.05, 0.1) is 16.4 Å². The molecule has 0 saturated carbocycles. The Balaban J connectivity index is 2.49. The van der Waals surface area contributed by atoms with E-state index >= 15 is 0 Å². The quantitative estimate of drug-likeness (QED) is 0.791. The van der Waals surface area contributed by atoms with E-state index in [-0.39, 0.29) is 5.75 Å². The number of anilines is 1. The summed E-state index contributed by atoms with van der Waals surface area (Å²) < 4.78 is 5.92. The summed E-state index contributed by atoms with van der Waals surface area (Å²) in [5, 5.41) is 9.84. The van der Waals surface area contributed by atoms with Crippen LogP contribution in [0.3, 0.4) is 0 Å². The lowest BCUT2D eigenvalue weighted by Crippen LogP contribution is -2.05. The third-order valence-electron chi connectivity index (χ3n) is 2.87. The van der Waals surface area contributed by atoms with Crippen molar-refractivity contribution < 1.29 is 9.84 Å². The van der Waals surface area contributed by atoms with Gasteiger partial charge in [-0.05, 0) is 47.2 Å². The molecule has 0 radical (unpaired) electrons. The predicted octanol–water partition coefficient (Wildman–Crippen LogP) is 3.00. The highest BCUT2D eigenvalue weighted by Gasteiger charge is 2.12. The lowest BCUT2D eigenvalue weighted by Gasteiger charge is -2.09. The zero-order chi connectivity index (χ0) is 14.7. The standard InChI is InChI=1S/C14H16IN3O2/c1-3-4-9-12(15)13(16)18-14(17-9)8-5-6-11(20-2)10(19)7-8/h5-7,19H,3-4H2,1-2H3,(H2,16,17,18). The molecule has 0 atom stereocenters. The smallest absolute Gasteiger partial charge is 0.161 e. The van der Waals surface area contributed by atoms with Crippen molar-refractivity contribution in [1.29, 1.82) is 0 Å². The van der Waals surface area contributed by atoms with Gasteiger partial charge >= 0.3 is 0 Å². The van der Waals surface area contributed by atoms with E-state index in [1.165, 1.54) is 7.11 Å². The number of aromatic nitrogens is 2. The molecule has 0 aliphatic rings. The number of rotatable bonds is 4. The van der Waals surface area contributed by atoms with Gasteiger partial charge < -0.3 is 15.6 Å². The Labute approximate surface area is 131 Å². The lowest BCUT2D eigenvalue weighted by molar-refractivity contribution is 0.373. The van der Waals surface area contributed by atoms with Crippen molar-refractivity contribution in [1.82, 2.24) is 9.97 Å². The summed E-state index contributed by atoms with van der Waals surface area (Å²) in [6, 6.07) is 5.06. The number of hydrogen-bond donors (Lipinski definition) is 2. The normalized spacial score (nSPS) is 10.6. The van der Waals surface area contributed by atoms with Crippen molar-refractivity contribution in [3.05, 3.63) is 27.5 Å². The number of ether oxygens (including phenoxy) is 1. The Kier molecular flexibility index (Phi) is 4.64. The second kappa shape index (κ2) is 6.25. The van der Waals surface area contributed by atoms with E-state index in [1.54, 1.807) is 18.2 Å². The molecule has 0 aliphatic heterocycles. The Morgan fingerprint density at radius 2 is 2.10 bits per heavy atom. The molecule has 0 unspecified atom stereocenters. The molecule has 0 aliphatic carbocycles. The number of benzene rings is 1. The Morgan fingerprint density at radius 3 is 2.70 bits per heavy atom. The zero-order valence-corrected chi connectivity index (χ0v) is 13.5. The van der Waals surface area contributed by atoms with Crippen LogP contribution in [0.15, 0.2) is 18.2 Å². The SMILES string of the molecule is CCCc1nc(-c2ccc(OC)c(O)c2)nc(N)c1I. The monoisotopic (exact) mass is 385 g/mol. The fraction of sp³-hybridized carbons (Fsp3) is 0.286. The molecule has 2 rings (SSSR count). The van der Waals surface area contributed by atoms with Gasteiger partial charge in [0.25, 0.3) is 0 Å². The van der Waals surface area contributed by atoms with Gasteiger partial charge in [-0.15, -0.1) is 0 Å². The minimum absolute atomic E-state index is 0.0581. The number of nitrogen functional groups attached to an aromatic ring is 1. The summed E-state index contributed by atoms with van der Waals surface area (Å²) in [6.45, 7) is 2.09. The van der Waals surface area contributed by atoms with Gasteiger partial charge in [-0.1, -0.05) is 13.3 Å². The number of aryl methyl sites for hydroxylation is 1. The first kappa shape index (κ1) is 14.8. The third kappa shape index (κ3) is 2.95. The van der Waals surface area contributed by atoms with Gasteiger partial charge in [0.1, 0.15) is 5.82 Å². The maximum Gasteiger partial charge on any atom is 0.161 e. The molecular formula is C14H16IN3O2. The molecule has 6 heteroatoms. The summed E-state index contributed by atoms with van der Waals surface area (Å²) in [4.78, 5) is 8.83. The molecule has 2 aromatic rings. The number of nitrogens with zero attached hydrogens (tertiary/aromatic N) is 2. The molecule has 0 amide bonds. The number of methoxy groups -OCH3 is 1. The van der Waals surface area contributed by atoms with E-state index in [4.69, 9.17) is 10.5 Å². The fourth-order valence-corrected chi connectivity index (χ4v) is 2.38. The number of nitrogens with two attached hydrogens (primary N) is 1. The molecule has 1 aromatic heterocycles. The molecule has 1 aromatic carbocycles. The van der Waals surface area contributed by atoms with Crippen LogP contribution >= 0.6 is 22.6 Å². The molecule has 0 saturated heterocycles. The van der Waals surface area contributed by atoms with E-state index in [9.17, 15) is 5.11 Å². The van der Waals surface area contributed by atoms with Gasteiger partial charge in [0.15, 0.2) is 17.3 Å². The average molecular weight is 385 g/mol. The highest BCUT2D eigenvalue weighted by atomic mass is 127. The number of aromatic hydroxyl groups is 1. The van der Waals surface area contributed by atoms with Crippen LogP contribution < -0.4 is 10.5 Å². The largest absolute Gasteiger partial charge is 0.504 e. The minimum Gasteiger partial charge on any atom is -0.504 e. The second-order valence-corrected chi connectivity index (χ2v) is 5.41.